The topological polar surface area (TPSA) is 35.5 Å². The summed E-state index contributed by atoms with van der Waals surface area (Å²) < 4.78 is 10.5. The second-order valence-corrected chi connectivity index (χ2v) is 5.53. The molecule has 1 aliphatic carbocycles. The molecule has 0 amide bonds. The molecular weight excluding hydrogens is 276 g/mol. The molecule has 3 nitrogen and oxygen atoms in total. The number of methoxy groups -OCH3 is 1. The molecule has 1 unspecified atom stereocenters. The van der Waals surface area contributed by atoms with Gasteiger partial charge in [0.25, 0.3) is 0 Å². The van der Waals surface area contributed by atoms with Crippen molar-refractivity contribution in [3.8, 4) is 5.75 Å². The first-order valence-electron chi connectivity index (χ1n) is 7.63. The van der Waals surface area contributed by atoms with Crippen molar-refractivity contribution >= 4 is 22.3 Å². The zero-order chi connectivity index (χ0) is 15.7. The van der Waals surface area contributed by atoms with Gasteiger partial charge in [-0.1, -0.05) is 31.2 Å². The molecule has 0 aromatic heterocycles. The number of carbonyl (C=O) groups is 1. The number of fused-ring (bicyclic) bond motifs is 1. The second kappa shape index (κ2) is 5.48. The normalized spacial score (nSPS) is 19.7. The van der Waals surface area contributed by atoms with Crippen LogP contribution in [0.4, 0.5) is 0 Å². The van der Waals surface area contributed by atoms with Gasteiger partial charge in [-0.3, -0.25) is 4.79 Å². The number of ether oxygens (including phenoxy) is 2. The van der Waals surface area contributed by atoms with Crippen molar-refractivity contribution in [2.24, 2.45) is 5.41 Å². The van der Waals surface area contributed by atoms with Crippen molar-refractivity contribution in [1.29, 1.82) is 0 Å². The Labute approximate surface area is 130 Å². The maximum atomic E-state index is 12.2. The van der Waals surface area contributed by atoms with Gasteiger partial charge in [0.1, 0.15) is 11.2 Å². The molecule has 0 N–H and O–H groups in total. The Bertz CT molecular complexity index is 760. The van der Waals surface area contributed by atoms with E-state index < -0.39 is 5.41 Å². The molecular formula is C19H20O3. The third-order valence-corrected chi connectivity index (χ3v) is 4.34. The summed E-state index contributed by atoms with van der Waals surface area (Å²) in [5.74, 6) is 0.711. The van der Waals surface area contributed by atoms with Crippen LogP contribution in [-0.4, -0.2) is 19.7 Å². The number of carbonyl (C=O) groups excluding carboxylic acids is 1. The molecule has 0 radical (unpaired) electrons. The number of esters is 1. The van der Waals surface area contributed by atoms with Crippen LogP contribution in [0.1, 0.15) is 25.8 Å². The molecule has 0 aliphatic heterocycles. The Balaban J connectivity index is 1.92. The van der Waals surface area contributed by atoms with Gasteiger partial charge >= 0.3 is 5.97 Å². The molecule has 114 valence electrons. The molecule has 0 saturated carbocycles. The van der Waals surface area contributed by atoms with E-state index in [1.54, 1.807) is 7.11 Å². The highest BCUT2D eigenvalue weighted by Gasteiger charge is 2.51. The predicted molar refractivity (Wildman–Crippen MR) is 87.8 cm³/mol. The predicted octanol–water partition coefficient (Wildman–Crippen LogP) is 4.20. The summed E-state index contributed by atoms with van der Waals surface area (Å²) in [5.41, 5.74) is 1.65. The fourth-order valence-corrected chi connectivity index (χ4v) is 2.94. The second-order valence-electron chi connectivity index (χ2n) is 5.53. The van der Waals surface area contributed by atoms with E-state index in [-0.39, 0.29) is 5.97 Å². The van der Waals surface area contributed by atoms with Crippen LogP contribution in [-0.2, 0) is 9.53 Å². The summed E-state index contributed by atoms with van der Waals surface area (Å²) in [6.45, 7) is 4.28. The third kappa shape index (κ3) is 2.27. The standard InChI is InChI=1S/C19H20O3/c1-4-19(18(20)22-5-2)12-17(19)15-7-6-14-11-16(21-3)9-8-13(14)10-15/h6-12H,4-5H2,1-3H3. The summed E-state index contributed by atoms with van der Waals surface area (Å²) in [4.78, 5) is 12.2. The Morgan fingerprint density at radius 3 is 2.50 bits per heavy atom. The minimum atomic E-state index is -0.518. The number of hydrogen-bond acceptors (Lipinski definition) is 3. The van der Waals surface area contributed by atoms with Crippen molar-refractivity contribution in [3.05, 3.63) is 48.0 Å². The minimum Gasteiger partial charge on any atom is -0.497 e. The van der Waals surface area contributed by atoms with Crippen LogP contribution in [0.5, 0.6) is 5.75 Å². The average Bonchev–Trinajstić information content (AvgIpc) is 3.30. The highest BCUT2D eigenvalue weighted by atomic mass is 16.5. The van der Waals surface area contributed by atoms with E-state index in [2.05, 4.69) is 18.2 Å². The molecule has 2 aromatic carbocycles. The molecule has 1 aliphatic rings. The first-order chi connectivity index (χ1) is 10.6. The lowest BCUT2D eigenvalue weighted by Gasteiger charge is -2.15. The van der Waals surface area contributed by atoms with Crippen molar-refractivity contribution in [1.82, 2.24) is 0 Å². The monoisotopic (exact) mass is 296 g/mol. The number of hydrogen-bond donors (Lipinski definition) is 0. The van der Waals surface area contributed by atoms with Gasteiger partial charge in [-0.2, -0.15) is 0 Å². The summed E-state index contributed by atoms with van der Waals surface area (Å²) in [6, 6.07) is 12.3. The fourth-order valence-electron chi connectivity index (χ4n) is 2.94. The van der Waals surface area contributed by atoms with Gasteiger partial charge < -0.3 is 9.47 Å². The molecule has 0 spiro atoms. The quantitative estimate of drug-likeness (QED) is 0.776. The van der Waals surface area contributed by atoms with Crippen molar-refractivity contribution in [2.75, 3.05) is 13.7 Å². The zero-order valence-corrected chi connectivity index (χ0v) is 13.2. The lowest BCUT2D eigenvalue weighted by molar-refractivity contribution is -0.148. The summed E-state index contributed by atoms with van der Waals surface area (Å²) >= 11 is 0. The maximum absolute atomic E-state index is 12.2. The van der Waals surface area contributed by atoms with E-state index in [4.69, 9.17) is 9.47 Å². The van der Waals surface area contributed by atoms with E-state index in [1.807, 2.05) is 38.1 Å². The molecule has 3 heteroatoms. The van der Waals surface area contributed by atoms with E-state index in [0.29, 0.717) is 6.61 Å². The third-order valence-electron chi connectivity index (χ3n) is 4.34. The number of rotatable bonds is 5. The van der Waals surface area contributed by atoms with Crippen LogP contribution in [0.2, 0.25) is 0 Å². The molecule has 0 fully saturated rings. The van der Waals surface area contributed by atoms with Crippen molar-refractivity contribution in [3.63, 3.8) is 0 Å². The number of benzene rings is 2. The smallest absolute Gasteiger partial charge is 0.320 e. The summed E-state index contributed by atoms with van der Waals surface area (Å²) in [7, 11) is 1.67. The van der Waals surface area contributed by atoms with Crippen LogP contribution in [0.25, 0.3) is 16.3 Å². The van der Waals surface area contributed by atoms with Gasteiger partial charge in [-0.25, -0.2) is 0 Å². The van der Waals surface area contributed by atoms with E-state index in [0.717, 1.165) is 34.1 Å². The first-order valence-corrected chi connectivity index (χ1v) is 7.63. The summed E-state index contributed by atoms with van der Waals surface area (Å²) in [6.07, 6.45) is 2.76. The van der Waals surface area contributed by atoms with E-state index in [9.17, 15) is 4.79 Å². The van der Waals surface area contributed by atoms with Gasteiger partial charge in [-0.15, -0.1) is 0 Å². The van der Waals surface area contributed by atoms with Gasteiger partial charge in [0, 0.05) is 0 Å². The Morgan fingerprint density at radius 2 is 1.82 bits per heavy atom. The average molecular weight is 296 g/mol. The minimum absolute atomic E-state index is 0.137. The zero-order valence-electron chi connectivity index (χ0n) is 13.2. The van der Waals surface area contributed by atoms with E-state index >= 15 is 0 Å². The Hall–Kier alpha value is -2.29. The molecule has 0 bridgehead atoms. The highest BCUT2D eigenvalue weighted by Crippen LogP contribution is 2.54. The molecule has 0 saturated heterocycles. The summed E-state index contributed by atoms with van der Waals surface area (Å²) in [5, 5.41) is 2.27. The lowest BCUT2D eigenvalue weighted by atomic mass is 9.92. The SMILES string of the molecule is CCOC(=O)C1(CC)C=C1c1ccc2cc(OC)ccc2c1. The van der Waals surface area contributed by atoms with Gasteiger partial charge in [-0.05, 0) is 53.5 Å². The van der Waals surface area contributed by atoms with Crippen molar-refractivity contribution < 1.29 is 14.3 Å². The molecule has 1 atom stereocenters. The maximum Gasteiger partial charge on any atom is 0.320 e. The van der Waals surface area contributed by atoms with Crippen LogP contribution in [0, 0.1) is 5.41 Å². The van der Waals surface area contributed by atoms with E-state index in [1.165, 1.54) is 0 Å². The van der Waals surface area contributed by atoms with Gasteiger partial charge in [0.15, 0.2) is 0 Å². The van der Waals surface area contributed by atoms with Crippen LogP contribution < -0.4 is 4.74 Å². The van der Waals surface area contributed by atoms with Gasteiger partial charge in [0.05, 0.1) is 13.7 Å². The highest BCUT2D eigenvalue weighted by molar-refractivity contribution is 6.06. The van der Waals surface area contributed by atoms with Crippen molar-refractivity contribution in [2.45, 2.75) is 20.3 Å². The lowest BCUT2D eigenvalue weighted by Crippen LogP contribution is -2.21. The Morgan fingerprint density at radius 1 is 1.09 bits per heavy atom. The Kier molecular flexibility index (Phi) is 3.65. The molecule has 2 aromatic rings. The molecule has 0 heterocycles. The molecule has 22 heavy (non-hydrogen) atoms. The van der Waals surface area contributed by atoms with Crippen LogP contribution in [0.15, 0.2) is 42.5 Å². The fraction of sp³-hybridized carbons (Fsp3) is 0.316. The largest absolute Gasteiger partial charge is 0.497 e. The van der Waals surface area contributed by atoms with Gasteiger partial charge in [0.2, 0.25) is 0 Å². The van der Waals surface area contributed by atoms with Crippen LogP contribution >= 0.6 is 0 Å². The molecule has 3 rings (SSSR count). The first kappa shape index (κ1) is 14.6. The van der Waals surface area contributed by atoms with Crippen LogP contribution in [0.3, 0.4) is 0 Å².